The molecule has 0 spiro atoms. The quantitative estimate of drug-likeness (QED) is 0.741. The number of hydrogen-bond donors (Lipinski definition) is 0. The van der Waals surface area contributed by atoms with E-state index in [4.69, 9.17) is 9.05 Å². The van der Waals surface area contributed by atoms with Crippen LogP contribution in [0.1, 0.15) is 18.1 Å². The molecule has 1 unspecified atom stereocenters. The van der Waals surface area contributed by atoms with E-state index in [9.17, 15) is 4.57 Å². The SMILES string of the molecule is O=[PH]1OCC[C@@H](c2cncc(Br)c2)O1. The first-order chi connectivity index (χ1) is 6.75. The predicted octanol–water partition coefficient (Wildman–Crippen LogP) is 2.71. The monoisotopic (exact) mass is 277 g/mol. The summed E-state index contributed by atoms with van der Waals surface area (Å²) in [4.78, 5) is 4.03. The normalized spacial score (nSPS) is 27.5. The standard InChI is InChI=1S/C8H9BrNO3P/c9-7-3-6(4-10-5-7)8-1-2-12-14(11)13-8/h3-5,8,14H,1-2H2/t8-/m0/s1. The molecule has 1 aromatic heterocycles. The molecule has 0 aromatic carbocycles. The number of aromatic nitrogens is 1. The van der Waals surface area contributed by atoms with Crippen molar-refractivity contribution in [2.24, 2.45) is 0 Å². The average molecular weight is 278 g/mol. The molecule has 1 saturated heterocycles. The van der Waals surface area contributed by atoms with Crippen molar-refractivity contribution in [2.75, 3.05) is 6.61 Å². The van der Waals surface area contributed by atoms with Gasteiger partial charge in [-0.2, -0.15) is 0 Å². The summed E-state index contributed by atoms with van der Waals surface area (Å²) < 4.78 is 22.0. The molecule has 1 fully saturated rings. The summed E-state index contributed by atoms with van der Waals surface area (Å²) in [5, 5.41) is 0. The van der Waals surface area contributed by atoms with Gasteiger partial charge in [0, 0.05) is 28.9 Å². The van der Waals surface area contributed by atoms with E-state index >= 15 is 0 Å². The van der Waals surface area contributed by atoms with E-state index in [0.717, 1.165) is 10.0 Å². The maximum atomic E-state index is 11.0. The van der Waals surface area contributed by atoms with Crippen molar-refractivity contribution in [1.82, 2.24) is 4.98 Å². The highest BCUT2D eigenvalue weighted by Crippen LogP contribution is 2.39. The molecule has 2 rings (SSSR count). The Kier molecular flexibility index (Phi) is 3.34. The molecule has 0 amide bonds. The molecule has 0 aliphatic carbocycles. The van der Waals surface area contributed by atoms with Crippen LogP contribution >= 0.6 is 24.2 Å². The van der Waals surface area contributed by atoms with Gasteiger partial charge >= 0.3 is 8.25 Å². The molecule has 0 saturated carbocycles. The van der Waals surface area contributed by atoms with Gasteiger partial charge in [-0.3, -0.25) is 9.55 Å². The van der Waals surface area contributed by atoms with Crippen LogP contribution in [0, 0.1) is 0 Å². The Morgan fingerprint density at radius 1 is 1.57 bits per heavy atom. The highest BCUT2D eigenvalue weighted by Gasteiger charge is 2.21. The van der Waals surface area contributed by atoms with Gasteiger partial charge in [0.05, 0.1) is 12.7 Å². The van der Waals surface area contributed by atoms with E-state index in [1.165, 1.54) is 0 Å². The zero-order valence-corrected chi connectivity index (χ0v) is 9.86. The summed E-state index contributed by atoms with van der Waals surface area (Å²) in [6.45, 7) is 0.481. The van der Waals surface area contributed by atoms with Gasteiger partial charge in [0.25, 0.3) is 0 Å². The molecule has 4 nitrogen and oxygen atoms in total. The molecule has 1 aromatic rings. The van der Waals surface area contributed by atoms with Crippen molar-refractivity contribution in [3.8, 4) is 0 Å². The summed E-state index contributed by atoms with van der Waals surface area (Å²) in [5.41, 5.74) is 0.932. The van der Waals surface area contributed by atoms with Gasteiger partial charge in [-0.25, -0.2) is 0 Å². The Morgan fingerprint density at radius 3 is 3.14 bits per heavy atom. The molecular weight excluding hydrogens is 269 g/mol. The fraction of sp³-hybridized carbons (Fsp3) is 0.375. The molecule has 1 aliphatic heterocycles. The Labute approximate surface area is 90.7 Å². The van der Waals surface area contributed by atoms with Crippen molar-refractivity contribution >= 4 is 24.2 Å². The van der Waals surface area contributed by atoms with Crippen LogP contribution in [0.25, 0.3) is 0 Å². The number of hydrogen-bond acceptors (Lipinski definition) is 4. The smallest absolute Gasteiger partial charge is 0.311 e. The Balaban J connectivity index is 2.17. The Morgan fingerprint density at radius 2 is 2.43 bits per heavy atom. The lowest BCUT2D eigenvalue weighted by Gasteiger charge is -2.22. The third-order valence-corrected chi connectivity index (χ3v) is 3.29. The fourth-order valence-corrected chi connectivity index (χ4v) is 2.52. The first-order valence-corrected chi connectivity index (χ1v) is 6.21. The second-order valence-electron chi connectivity index (χ2n) is 2.93. The molecule has 2 atom stereocenters. The van der Waals surface area contributed by atoms with Gasteiger partial charge < -0.3 is 9.05 Å². The van der Waals surface area contributed by atoms with E-state index in [0.29, 0.717) is 13.0 Å². The predicted molar refractivity (Wildman–Crippen MR) is 55.3 cm³/mol. The van der Waals surface area contributed by atoms with Crippen LogP contribution in [0.3, 0.4) is 0 Å². The summed E-state index contributed by atoms with van der Waals surface area (Å²) in [6, 6.07) is 1.91. The van der Waals surface area contributed by atoms with Crippen molar-refractivity contribution in [3.63, 3.8) is 0 Å². The van der Waals surface area contributed by atoms with Gasteiger partial charge in [0.1, 0.15) is 0 Å². The van der Waals surface area contributed by atoms with E-state index in [1.807, 2.05) is 6.07 Å². The third-order valence-electron chi connectivity index (χ3n) is 1.94. The van der Waals surface area contributed by atoms with E-state index in [1.54, 1.807) is 12.4 Å². The highest BCUT2D eigenvalue weighted by molar-refractivity contribution is 9.10. The van der Waals surface area contributed by atoms with Gasteiger partial charge in [-0.1, -0.05) is 0 Å². The molecule has 0 N–H and O–H groups in total. The second-order valence-corrected chi connectivity index (χ2v) is 4.87. The zero-order valence-electron chi connectivity index (χ0n) is 7.27. The zero-order chi connectivity index (χ0) is 9.97. The summed E-state index contributed by atoms with van der Waals surface area (Å²) in [6.07, 6.45) is 3.98. The van der Waals surface area contributed by atoms with Gasteiger partial charge in [-0.05, 0) is 22.0 Å². The molecule has 0 radical (unpaired) electrons. The number of pyridine rings is 1. The van der Waals surface area contributed by atoms with Crippen LogP contribution in [-0.4, -0.2) is 11.6 Å². The maximum absolute atomic E-state index is 11.0. The van der Waals surface area contributed by atoms with Crippen molar-refractivity contribution in [3.05, 3.63) is 28.5 Å². The number of nitrogens with zero attached hydrogens (tertiary/aromatic N) is 1. The van der Waals surface area contributed by atoms with Gasteiger partial charge in [-0.15, -0.1) is 0 Å². The van der Waals surface area contributed by atoms with Crippen LogP contribution in [0.5, 0.6) is 0 Å². The molecule has 76 valence electrons. The first kappa shape index (κ1) is 10.3. The van der Waals surface area contributed by atoms with Crippen LogP contribution in [0.15, 0.2) is 22.9 Å². The molecule has 6 heteroatoms. The number of rotatable bonds is 1. The minimum absolute atomic E-state index is 0.153. The van der Waals surface area contributed by atoms with E-state index in [-0.39, 0.29) is 6.10 Å². The Bertz CT molecular complexity index is 360. The highest BCUT2D eigenvalue weighted by atomic mass is 79.9. The maximum Gasteiger partial charge on any atom is 0.319 e. The third kappa shape index (κ3) is 2.42. The van der Waals surface area contributed by atoms with Gasteiger partial charge in [0.2, 0.25) is 0 Å². The summed E-state index contributed by atoms with van der Waals surface area (Å²) in [7, 11) is -2.29. The van der Waals surface area contributed by atoms with Crippen molar-refractivity contribution < 1.29 is 13.6 Å². The molecule has 14 heavy (non-hydrogen) atoms. The van der Waals surface area contributed by atoms with Crippen molar-refractivity contribution in [1.29, 1.82) is 0 Å². The van der Waals surface area contributed by atoms with Crippen LogP contribution in [-0.2, 0) is 13.6 Å². The molecular formula is C8H9BrNO3P. The lowest BCUT2D eigenvalue weighted by Crippen LogP contribution is -2.09. The topological polar surface area (TPSA) is 48.4 Å². The van der Waals surface area contributed by atoms with Crippen LogP contribution < -0.4 is 0 Å². The molecule has 1 aliphatic rings. The van der Waals surface area contributed by atoms with E-state index in [2.05, 4.69) is 20.9 Å². The Hall–Kier alpha value is -0.220. The van der Waals surface area contributed by atoms with Crippen LogP contribution in [0.2, 0.25) is 0 Å². The van der Waals surface area contributed by atoms with E-state index < -0.39 is 8.25 Å². The fourth-order valence-electron chi connectivity index (χ4n) is 1.30. The lowest BCUT2D eigenvalue weighted by atomic mass is 10.1. The minimum atomic E-state index is -2.29. The minimum Gasteiger partial charge on any atom is -0.311 e. The summed E-state index contributed by atoms with van der Waals surface area (Å²) in [5.74, 6) is 0. The first-order valence-electron chi connectivity index (χ1n) is 4.19. The second kappa shape index (κ2) is 4.53. The lowest BCUT2D eigenvalue weighted by molar-refractivity contribution is 0.0966. The van der Waals surface area contributed by atoms with Crippen molar-refractivity contribution in [2.45, 2.75) is 12.5 Å². The summed E-state index contributed by atoms with van der Waals surface area (Å²) >= 11 is 3.32. The van der Waals surface area contributed by atoms with Gasteiger partial charge in [0.15, 0.2) is 0 Å². The van der Waals surface area contributed by atoms with Crippen LogP contribution in [0.4, 0.5) is 0 Å². The molecule has 2 heterocycles. The number of halogens is 1. The largest absolute Gasteiger partial charge is 0.319 e. The average Bonchev–Trinajstić information content (AvgIpc) is 2.18. The molecule has 0 bridgehead atoms.